The third kappa shape index (κ3) is 7.81. The zero-order valence-corrected chi connectivity index (χ0v) is 20.5. The van der Waals surface area contributed by atoms with Crippen molar-refractivity contribution in [2.24, 2.45) is 0 Å². The number of rotatable bonds is 7. The molecule has 0 bridgehead atoms. The lowest BCUT2D eigenvalue weighted by Gasteiger charge is -2.49. The molecule has 0 radical (unpaired) electrons. The van der Waals surface area contributed by atoms with Crippen LogP contribution in [-0.4, -0.2) is 99.6 Å². The highest BCUT2D eigenvalue weighted by molar-refractivity contribution is 7.86. The van der Waals surface area contributed by atoms with Crippen molar-refractivity contribution >= 4 is 10.1 Å². The van der Waals surface area contributed by atoms with Crippen molar-refractivity contribution < 1.29 is 40.0 Å². The number of alkyl halides is 3. The van der Waals surface area contributed by atoms with Crippen molar-refractivity contribution in [2.45, 2.75) is 42.5 Å². The summed E-state index contributed by atoms with van der Waals surface area (Å²) < 4.78 is 82.4. The first-order chi connectivity index (χ1) is 16.4. The summed E-state index contributed by atoms with van der Waals surface area (Å²) in [6.45, 7) is 8.00. The second kappa shape index (κ2) is 11.8. The van der Waals surface area contributed by atoms with E-state index in [9.17, 15) is 17.6 Å². The number of halogens is 4. The van der Waals surface area contributed by atoms with E-state index in [1.807, 2.05) is 19.2 Å². The summed E-state index contributed by atoms with van der Waals surface area (Å²) in [7, 11) is -3.86. The summed E-state index contributed by atoms with van der Waals surface area (Å²) in [6, 6.07) is 7.66. The molecule has 3 fully saturated rings. The van der Waals surface area contributed by atoms with E-state index >= 15 is 0 Å². The fraction of sp³-hybridized carbons (Fsp3) is 0.727. The Morgan fingerprint density at radius 2 is 1.69 bits per heavy atom. The number of nitrogens with one attached hydrogen (secondary N) is 1. The molecule has 0 saturated carbocycles. The molecule has 1 spiro atoms. The van der Waals surface area contributed by atoms with Crippen LogP contribution in [0.2, 0.25) is 0 Å². The third-order valence-electron chi connectivity index (χ3n) is 6.71. The second-order valence-corrected chi connectivity index (χ2v) is 10.5. The molecule has 3 aliphatic rings. The van der Waals surface area contributed by atoms with Gasteiger partial charge >= 0.3 is 15.6 Å². The number of likely N-dealkylation sites (N-methyl/N-ethyl adjacent to an activating group) is 1. The summed E-state index contributed by atoms with van der Waals surface area (Å²) >= 11 is 0. The molecule has 3 heterocycles. The summed E-state index contributed by atoms with van der Waals surface area (Å²) in [5, 5.41) is 3.28. The molecule has 3 aliphatic heterocycles. The molecule has 1 unspecified atom stereocenters. The van der Waals surface area contributed by atoms with Crippen LogP contribution in [0.1, 0.15) is 30.7 Å². The van der Waals surface area contributed by atoms with Crippen LogP contribution in [-0.2, 0) is 19.6 Å². The molecular weight excluding hydrogens is 494 g/mol. The number of hydrogen-bond acceptors (Lipinski definition) is 7. The van der Waals surface area contributed by atoms with Gasteiger partial charge < -0.3 is 19.7 Å². The lowest BCUT2D eigenvalue weighted by Crippen LogP contribution is -2.62. The first-order valence-corrected chi connectivity index (χ1v) is 13.0. The van der Waals surface area contributed by atoms with Crippen molar-refractivity contribution in [1.82, 2.24) is 15.1 Å². The fourth-order valence-electron chi connectivity index (χ4n) is 4.68. The third-order valence-corrected chi connectivity index (χ3v) is 7.29. The molecule has 0 aliphatic carbocycles. The average Bonchev–Trinajstić information content (AvgIpc) is 3.21. The molecule has 2 N–H and O–H groups in total. The summed E-state index contributed by atoms with van der Waals surface area (Å²) in [5.41, 5.74) is -4.31. The minimum Gasteiger partial charge on any atom is -0.347 e. The van der Waals surface area contributed by atoms with Gasteiger partial charge in [0, 0.05) is 51.6 Å². The molecule has 0 amide bonds. The van der Waals surface area contributed by atoms with Crippen molar-refractivity contribution in [3.8, 4) is 0 Å². The van der Waals surface area contributed by atoms with Crippen molar-refractivity contribution in [1.29, 1.82) is 0 Å². The maximum atomic E-state index is 13.2. The SMILES string of the molecule is CNCC(CCN1CC(N2CCC3(CC2)OCCO3)C1)c1ccc(F)cc1.O=S(=O)(O)C(F)(F)F. The van der Waals surface area contributed by atoms with Crippen molar-refractivity contribution in [3.05, 3.63) is 35.6 Å². The molecule has 3 saturated heterocycles. The van der Waals surface area contributed by atoms with Gasteiger partial charge in [-0.3, -0.25) is 9.45 Å². The maximum Gasteiger partial charge on any atom is 0.522 e. The van der Waals surface area contributed by atoms with Crippen LogP contribution >= 0.6 is 0 Å². The lowest BCUT2D eigenvalue weighted by molar-refractivity contribution is -0.191. The number of hydrogen-bond donors (Lipinski definition) is 2. The van der Waals surface area contributed by atoms with Crippen molar-refractivity contribution in [2.75, 3.05) is 59.5 Å². The van der Waals surface area contributed by atoms with Gasteiger partial charge in [-0.25, -0.2) is 4.39 Å². The monoisotopic (exact) mass is 527 g/mol. The molecule has 1 aromatic rings. The molecule has 8 nitrogen and oxygen atoms in total. The fourth-order valence-corrected chi connectivity index (χ4v) is 4.68. The average molecular weight is 528 g/mol. The molecule has 1 atom stereocenters. The predicted molar refractivity (Wildman–Crippen MR) is 121 cm³/mol. The van der Waals surface area contributed by atoms with Gasteiger partial charge in [0.15, 0.2) is 5.79 Å². The van der Waals surface area contributed by atoms with Gasteiger partial charge in [-0.05, 0) is 43.6 Å². The molecule has 200 valence electrons. The van der Waals surface area contributed by atoms with Crippen LogP contribution in [0.15, 0.2) is 24.3 Å². The van der Waals surface area contributed by atoms with E-state index < -0.39 is 15.6 Å². The van der Waals surface area contributed by atoms with Gasteiger partial charge in [0.1, 0.15) is 5.82 Å². The molecular formula is C22H33F4N3O5S. The highest BCUT2D eigenvalue weighted by Crippen LogP contribution is 2.33. The van der Waals surface area contributed by atoms with Crippen LogP contribution in [0, 0.1) is 5.82 Å². The number of benzene rings is 1. The Labute approximate surface area is 203 Å². The summed E-state index contributed by atoms with van der Waals surface area (Å²) in [4.78, 5) is 5.15. The van der Waals surface area contributed by atoms with Gasteiger partial charge in [-0.2, -0.15) is 21.6 Å². The van der Waals surface area contributed by atoms with Gasteiger partial charge in [0.05, 0.1) is 13.2 Å². The zero-order chi connectivity index (χ0) is 25.7. The van der Waals surface area contributed by atoms with E-state index in [1.54, 1.807) is 12.1 Å². The molecule has 35 heavy (non-hydrogen) atoms. The van der Waals surface area contributed by atoms with Crippen LogP contribution in [0.25, 0.3) is 0 Å². The molecule has 0 aromatic heterocycles. The zero-order valence-electron chi connectivity index (χ0n) is 19.6. The molecule has 13 heteroatoms. The number of likely N-dealkylation sites (tertiary alicyclic amines) is 2. The van der Waals surface area contributed by atoms with Gasteiger partial charge in [0.25, 0.3) is 0 Å². The Bertz CT molecular complexity index is 895. The topological polar surface area (TPSA) is 91.3 Å². The van der Waals surface area contributed by atoms with E-state index in [0.717, 1.165) is 71.7 Å². The maximum absolute atomic E-state index is 13.2. The Kier molecular flexibility index (Phi) is 9.51. The van der Waals surface area contributed by atoms with E-state index in [2.05, 4.69) is 15.1 Å². The standard InChI is InChI=1S/C21H32FN3O2.CHF3O3S/c1-23-14-18(17-2-4-19(22)5-3-17)6-9-24-15-20(16-24)25-10-7-21(8-11-25)26-12-13-27-21;2-1(3,4)8(5,6)7/h2-5,18,20,23H,6-16H2,1H3;(H,5,6,7). The number of nitrogens with zero attached hydrogens (tertiary/aromatic N) is 2. The van der Waals surface area contributed by atoms with Crippen molar-refractivity contribution in [3.63, 3.8) is 0 Å². The smallest absolute Gasteiger partial charge is 0.347 e. The first-order valence-electron chi connectivity index (χ1n) is 11.6. The lowest BCUT2D eigenvalue weighted by atomic mass is 9.94. The minimum absolute atomic E-state index is 0.163. The summed E-state index contributed by atoms with van der Waals surface area (Å²) in [6.07, 6.45) is 3.10. The van der Waals surface area contributed by atoms with Gasteiger partial charge in [0.2, 0.25) is 0 Å². The minimum atomic E-state index is -5.84. The van der Waals surface area contributed by atoms with Crippen LogP contribution in [0.5, 0.6) is 0 Å². The highest BCUT2D eigenvalue weighted by atomic mass is 32.2. The van der Waals surface area contributed by atoms with E-state index in [4.69, 9.17) is 22.4 Å². The Hall–Kier alpha value is -1.35. The quantitative estimate of drug-likeness (QED) is 0.318. The highest BCUT2D eigenvalue weighted by Gasteiger charge is 2.44. The number of piperidine rings is 1. The van der Waals surface area contributed by atoms with Crippen LogP contribution < -0.4 is 5.32 Å². The first kappa shape index (κ1) is 28.2. The summed E-state index contributed by atoms with van der Waals surface area (Å²) in [5.74, 6) is 0.000518. The Morgan fingerprint density at radius 3 is 2.17 bits per heavy atom. The van der Waals surface area contributed by atoms with Crippen LogP contribution in [0.4, 0.5) is 17.6 Å². The normalized spacial score (nSPS) is 22.5. The van der Waals surface area contributed by atoms with Gasteiger partial charge in [-0.1, -0.05) is 12.1 Å². The van der Waals surface area contributed by atoms with E-state index in [0.29, 0.717) is 12.0 Å². The second-order valence-electron chi connectivity index (χ2n) is 9.07. The predicted octanol–water partition coefficient (Wildman–Crippen LogP) is 2.44. The Morgan fingerprint density at radius 1 is 1.14 bits per heavy atom. The Balaban J connectivity index is 0.000000371. The largest absolute Gasteiger partial charge is 0.522 e. The molecule has 4 rings (SSSR count). The van der Waals surface area contributed by atoms with E-state index in [1.165, 1.54) is 5.56 Å². The molecule has 1 aromatic carbocycles. The van der Waals surface area contributed by atoms with Gasteiger partial charge in [-0.15, -0.1) is 0 Å². The van der Waals surface area contributed by atoms with Crippen LogP contribution in [0.3, 0.4) is 0 Å². The van der Waals surface area contributed by atoms with E-state index in [-0.39, 0.29) is 11.6 Å². The number of ether oxygens (including phenoxy) is 2.